The highest BCUT2D eigenvalue weighted by Crippen LogP contribution is 2.28. The Morgan fingerprint density at radius 3 is 2.18 bits per heavy atom. The van der Waals surface area contributed by atoms with Gasteiger partial charge in [-0.25, -0.2) is 4.79 Å². The minimum absolute atomic E-state index is 0.0611. The van der Waals surface area contributed by atoms with Gasteiger partial charge in [0.1, 0.15) is 12.1 Å². The Labute approximate surface area is 165 Å². The first kappa shape index (κ1) is 19.6. The van der Waals surface area contributed by atoms with E-state index in [0.29, 0.717) is 12.1 Å². The molecular weight excluding hydrogens is 354 g/mol. The first-order valence-corrected chi connectivity index (χ1v) is 9.36. The lowest BCUT2D eigenvalue weighted by Crippen LogP contribution is -2.46. The fourth-order valence-corrected chi connectivity index (χ4v) is 3.37. The highest BCUT2D eigenvalue weighted by molar-refractivity contribution is 6.09. The van der Waals surface area contributed by atoms with Crippen molar-refractivity contribution in [3.05, 3.63) is 71.8 Å². The number of imide groups is 1. The summed E-state index contributed by atoms with van der Waals surface area (Å²) >= 11 is 0. The third kappa shape index (κ3) is 3.76. The van der Waals surface area contributed by atoms with Crippen LogP contribution in [-0.4, -0.2) is 40.2 Å². The smallest absolute Gasteiger partial charge is 0.325 e. The van der Waals surface area contributed by atoms with Gasteiger partial charge in [0.15, 0.2) is 0 Å². The number of hydrogen-bond donors (Lipinski definition) is 1. The Hall–Kier alpha value is -3.15. The van der Waals surface area contributed by atoms with Crippen molar-refractivity contribution in [1.82, 2.24) is 15.1 Å². The van der Waals surface area contributed by atoms with Crippen molar-refractivity contribution in [3.8, 4) is 0 Å². The Kier molecular flexibility index (Phi) is 5.49. The number of nitrogens with zero attached hydrogens (tertiary/aromatic N) is 2. The molecule has 1 saturated heterocycles. The van der Waals surface area contributed by atoms with Crippen LogP contribution < -0.4 is 5.32 Å². The Morgan fingerprint density at radius 1 is 1.04 bits per heavy atom. The first-order valence-electron chi connectivity index (χ1n) is 9.36. The molecule has 1 heterocycles. The average molecular weight is 379 g/mol. The maximum absolute atomic E-state index is 13.0. The van der Waals surface area contributed by atoms with E-state index in [4.69, 9.17) is 0 Å². The van der Waals surface area contributed by atoms with Gasteiger partial charge in [0.2, 0.25) is 5.91 Å². The molecule has 2 aromatic carbocycles. The number of rotatable bonds is 6. The van der Waals surface area contributed by atoms with Crippen molar-refractivity contribution in [3.63, 3.8) is 0 Å². The summed E-state index contributed by atoms with van der Waals surface area (Å²) < 4.78 is 0. The summed E-state index contributed by atoms with van der Waals surface area (Å²) in [6.45, 7) is 5.65. The zero-order chi connectivity index (χ0) is 20.3. The molecule has 0 unspecified atom stereocenters. The third-order valence-corrected chi connectivity index (χ3v) is 5.06. The molecule has 3 rings (SSSR count). The SMILES string of the molecule is CC(C)N(Cc1ccccc1)C(=O)CN1C(=O)N[C@](C)(c2ccccc2)C1=O. The van der Waals surface area contributed by atoms with Gasteiger partial charge in [-0.05, 0) is 31.9 Å². The van der Waals surface area contributed by atoms with Crippen molar-refractivity contribution in [1.29, 1.82) is 0 Å². The summed E-state index contributed by atoms with van der Waals surface area (Å²) in [5.74, 6) is -0.680. The Bertz CT molecular complexity index is 867. The van der Waals surface area contributed by atoms with Gasteiger partial charge in [0.25, 0.3) is 5.91 Å². The second-order valence-corrected chi connectivity index (χ2v) is 7.41. The van der Waals surface area contributed by atoms with Crippen molar-refractivity contribution >= 4 is 17.8 Å². The van der Waals surface area contributed by atoms with Gasteiger partial charge in [-0.2, -0.15) is 0 Å². The topological polar surface area (TPSA) is 69.7 Å². The summed E-state index contributed by atoms with van der Waals surface area (Å²) in [4.78, 5) is 41.1. The molecule has 6 heteroatoms. The third-order valence-electron chi connectivity index (χ3n) is 5.06. The van der Waals surface area contributed by atoms with Gasteiger partial charge in [0.05, 0.1) is 0 Å². The summed E-state index contributed by atoms with van der Waals surface area (Å²) in [6.07, 6.45) is 0. The van der Waals surface area contributed by atoms with Crippen molar-refractivity contribution in [2.45, 2.75) is 38.9 Å². The molecule has 0 bridgehead atoms. The molecule has 0 aromatic heterocycles. The van der Waals surface area contributed by atoms with Crippen LogP contribution in [0.15, 0.2) is 60.7 Å². The highest BCUT2D eigenvalue weighted by Gasteiger charge is 2.49. The van der Waals surface area contributed by atoms with Crippen LogP contribution in [0.2, 0.25) is 0 Å². The van der Waals surface area contributed by atoms with E-state index in [2.05, 4.69) is 5.32 Å². The minimum atomic E-state index is -1.17. The molecule has 4 amide bonds. The van der Waals surface area contributed by atoms with E-state index < -0.39 is 17.5 Å². The van der Waals surface area contributed by atoms with E-state index in [1.165, 1.54) is 0 Å². The molecule has 1 N–H and O–H groups in total. The lowest BCUT2D eigenvalue weighted by atomic mass is 9.92. The predicted molar refractivity (Wildman–Crippen MR) is 106 cm³/mol. The minimum Gasteiger partial charge on any atom is -0.334 e. The van der Waals surface area contributed by atoms with Gasteiger partial charge in [-0.3, -0.25) is 14.5 Å². The number of nitrogens with one attached hydrogen (secondary N) is 1. The van der Waals surface area contributed by atoms with Crippen LogP contribution in [-0.2, 0) is 21.7 Å². The Morgan fingerprint density at radius 2 is 1.61 bits per heavy atom. The fourth-order valence-electron chi connectivity index (χ4n) is 3.37. The van der Waals surface area contributed by atoms with E-state index in [9.17, 15) is 14.4 Å². The standard InChI is InChI=1S/C22H25N3O3/c1-16(2)24(14-17-10-6-4-7-11-17)19(26)15-25-20(27)22(3,23-21(25)28)18-12-8-5-9-13-18/h4-13,16H,14-15H2,1-3H3,(H,23,28)/t22-/m1/s1. The van der Waals surface area contributed by atoms with E-state index in [-0.39, 0.29) is 18.5 Å². The number of amides is 4. The van der Waals surface area contributed by atoms with Crippen LogP contribution in [0.4, 0.5) is 4.79 Å². The number of carbonyl (C=O) groups excluding carboxylic acids is 3. The van der Waals surface area contributed by atoms with Gasteiger partial charge in [0, 0.05) is 12.6 Å². The molecule has 2 aromatic rings. The number of carbonyl (C=O) groups is 3. The molecule has 1 atom stereocenters. The number of urea groups is 1. The van der Waals surface area contributed by atoms with Crippen LogP contribution in [0.3, 0.4) is 0 Å². The first-order chi connectivity index (χ1) is 13.3. The van der Waals surface area contributed by atoms with Crippen molar-refractivity contribution < 1.29 is 14.4 Å². The molecule has 0 saturated carbocycles. The molecule has 28 heavy (non-hydrogen) atoms. The van der Waals surface area contributed by atoms with Crippen LogP contribution >= 0.6 is 0 Å². The normalized spacial score (nSPS) is 19.1. The quantitative estimate of drug-likeness (QED) is 0.785. The zero-order valence-corrected chi connectivity index (χ0v) is 16.4. The van der Waals surface area contributed by atoms with Crippen molar-refractivity contribution in [2.24, 2.45) is 0 Å². The average Bonchev–Trinajstić information content (AvgIpc) is 2.91. The van der Waals surface area contributed by atoms with Gasteiger partial charge in [-0.1, -0.05) is 60.7 Å². The van der Waals surface area contributed by atoms with E-state index >= 15 is 0 Å². The molecular formula is C22H25N3O3. The van der Waals surface area contributed by atoms with E-state index in [1.807, 2.05) is 62.4 Å². The number of benzene rings is 2. The van der Waals surface area contributed by atoms with Gasteiger partial charge >= 0.3 is 6.03 Å². The zero-order valence-electron chi connectivity index (χ0n) is 16.4. The monoisotopic (exact) mass is 379 g/mol. The molecule has 6 nitrogen and oxygen atoms in total. The summed E-state index contributed by atoms with van der Waals surface area (Å²) in [5.41, 5.74) is 0.518. The fraction of sp³-hybridized carbons (Fsp3) is 0.318. The molecule has 0 aliphatic carbocycles. The molecule has 1 fully saturated rings. The maximum atomic E-state index is 13.0. The predicted octanol–water partition coefficient (Wildman–Crippen LogP) is 2.89. The van der Waals surface area contributed by atoms with E-state index in [1.54, 1.807) is 24.0 Å². The van der Waals surface area contributed by atoms with Crippen LogP contribution in [0.25, 0.3) is 0 Å². The largest absolute Gasteiger partial charge is 0.334 e. The lowest BCUT2D eigenvalue weighted by Gasteiger charge is -2.28. The molecule has 0 radical (unpaired) electrons. The van der Waals surface area contributed by atoms with Crippen LogP contribution in [0.5, 0.6) is 0 Å². The van der Waals surface area contributed by atoms with Crippen LogP contribution in [0.1, 0.15) is 31.9 Å². The summed E-state index contributed by atoms with van der Waals surface area (Å²) in [6, 6.07) is 18.1. The van der Waals surface area contributed by atoms with Gasteiger partial charge in [-0.15, -0.1) is 0 Å². The van der Waals surface area contributed by atoms with Crippen molar-refractivity contribution in [2.75, 3.05) is 6.54 Å². The molecule has 0 spiro atoms. The maximum Gasteiger partial charge on any atom is 0.325 e. The van der Waals surface area contributed by atoms with Gasteiger partial charge < -0.3 is 10.2 Å². The molecule has 1 aliphatic rings. The second kappa shape index (κ2) is 7.84. The molecule has 146 valence electrons. The lowest BCUT2D eigenvalue weighted by molar-refractivity contribution is -0.140. The second-order valence-electron chi connectivity index (χ2n) is 7.41. The van der Waals surface area contributed by atoms with Crippen LogP contribution in [0, 0.1) is 0 Å². The summed E-state index contributed by atoms with van der Waals surface area (Å²) in [5, 5.41) is 2.74. The number of hydrogen-bond acceptors (Lipinski definition) is 3. The molecule has 1 aliphatic heterocycles. The Balaban J connectivity index is 1.77. The summed E-state index contributed by atoms with van der Waals surface area (Å²) in [7, 11) is 0. The highest BCUT2D eigenvalue weighted by atomic mass is 16.2. The van der Waals surface area contributed by atoms with E-state index in [0.717, 1.165) is 10.5 Å².